The molecule has 1 saturated carbocycles. The smallest absolute Gasteiger partial charge is 0.224 e. The monoisotopic (exact) mass is 284 g/mol. The molecule has 1 heterocycles. The summed E-state index contributed by atoms with van der Waals surface area (Å²) in [6, 6.07) is 9.65. The molecule has 1 aromatic heterocycles. The Morgan fingerprint density at radius 1 is 1.29 bits per heavy atom. The molecule has 0 radical (unpaired) electrons. The van der Waals surface area contributed by atoms with Crippen LogP contribution in [0.25, 0.3) is 11.3 Å². The predicted octanol–water partition coefficient (Wildman–Crippen LogP) is 2.53. The van der Waals surface area contributed by atoms with E-state index in [2.05, 4.69) is 15.5 Å². The predicted molar refractivity (Wildman–Crippen MR) is 82.6 cm³/mol. The van der Waals surface area contributed by atoms with Crippen molar-refractivity contribution >= 4 is 11.6 Å². The van der Waals surface area contributed by atoms with Crippen molar-refractivity contribution in [3.63, 3.8) is 0 Å². The highest BCUT2D eigenvalue weighted by atomic mass is 16.1. The lowest BCUT2D eigenvalue weighted by Crippen LogP contribution is -2.40. The van der Waals surface area contributed by atoms with Crippen LogP contribution in [0.1, 0.15) is 25.7 Å². The number of nitrogens with two attached hydrogens (primary N) is 1. The molecule has 4 N–H and O–H groups in total. The van der Waals surface area contributed by atoms with E-state index >= 15 is 0 Å². The fourth-order valence-electron chi connectivity index (χ4n) is 2.83. The van der Waals surface area contributed by atoms with Gasteiger partial charge >= 0.3 is 0 Å². The molecular weight excluding hydrogens is 264 g/mol. The van der Waals surface area contributed by atoms with E-state index in [1.54, 1.807) is 6.20 Å². The minimum atomic E-state index is 0.0416. The number of aromatic amines is 1. The number of nitrogens with zero attached hydrogens (tertiary/aromatic N) is 1. The third kappa shape index (κ3) is 2.97. The fraction of sp³-hybridized carbons (Fsp3) is 0.375. The van der Waals surface area contributed by atoms with Crippen LogP contribution in [-0.4, -0.2) is 22.6 Å². The van der Waals surface area contributed by atoms with Gasteiger partial charge in [0.15, 0.2) is 0 Å². The maximum atomic E-state index is 12.1. The Morgan fingerprint density at radius 3 is 2.57 bits per heavy atom. The molecule has 3 rings (SSSR count). The summed E-state index contributed by atoms with van der Waals surface area (Å²) in [4.78, 5) is 12.1. The standard InChI is InChI=1S/C16H20N4O/c17-11-16(7-1-8-16)10-15(21)19-13-4-2-12(3-5-13)14-6-9-18-20-14/h2-6,9H,1,7-8,10-11,17H2,(H,18,20)(H,19,21). The van der Waals surface area contributed by atoms with Crippen molar-refractivity contribution < 1.29 is 4.79 Å². The van der Waals surface area contributed by atoms with Crippen molar-refractivity contribution in [1.82, 2.24) is 10.2 Å². The Kier molecular flexibility index (Phi) is 3.75. The van der Waals surface area contributed by atoms with Crippen molar-refractivity contribution in [2.24, 2.45) is 11.1 Å². The van der Waals surface area contributed by atoms with Gasteiger partial charge in [-0.25, -0.2) is 0 Å². The zero-order valence-electron chi connectivity index (χ0n) is 11.9. The summed E-state index contributed by atoms with van der Waals surface area (Å²) in [6.07, 6.45) is 5.55. The highest BCUT2D eigenvalue weighted by Gasteiger charge is 2.37. The molecule has 0 bridgehead atoms. The van der Waals surface area contributed by atoms with Crippen LogP contribution in [0.15, 0.2) is 36.5 Å². The molecule has 0 spiro atoms. The number of aromatic nitrogens is 2. The first-order valence-electron chi connectivity index (χ1n) is 7.31. The molecule has 0 aliphatic heterocycles. The molecule has 5 nitrogen and oxygen atoms in total. The van der Waals surface area contributed by atoms with Crippen LogP contribution >= 0.6 is 0 Å². The largest absolute Gasteiger partial charge is 0.330 e. The number of hydrogen-bond donors (Lipinski definition) is 3. The van der Waals surface area contributed by atoms with Crippen molar-refractivity contribution in [1.29, 1.82) is 0 Å². The Bertz CT molecular complexity index is 594. The van der Waals surface area contributed by atoms with Crippen LogP contribution in [0.5, 0.6) is 0 Å². The van der Waals surface area contributed by atoms with E-state index in [0.717, 1.165) is 29.8 Å². The topological polar surface area (TPSA) is 83.8 Å². The van der Waals surface area contributed by atoms with Gasteiger partial charge in [-0.3, -0.25) is 9.89 Å². The summed E-state index contributed by atoms with van der Waals surface area (Å²) < 4.78 is 0. The molecule has 0 unspecified atom stereocenters. The molecule has 1 amide bonds. The number of benzene rings is 1. The number of amides is 1. The number of anilines is 1. The van der Waals surface area contributed by atoms with Crippen molar-refractivity contribution in [2.75, 3.05) is 11.9 Å². The molecule has 2 aromatic rings. The molecule has 0 saturated heterocycles. The highest BCUT2D eigenvalue weighted by Crippen LogP contribution is 2.43. The van der Waals surface area contributed by atoms with E-state index in [9.17, 15) is 4.79 Å². The number of hydrogen-bond acceptors (Lipinski definition) is 3. The molecule has 21 heavy (non-hydrogen) atoms. The van der Waals surface area contributed by atoms with Crippen LogP contribution < -0.4 is 11.1 Å². The second-order valence-corrected chi connectivity index (χ2v) is 5.83. The number of rotatable bonds is 5. The molecule has 1 aliphatic rings. The van der Waals surface area contributed by atoms with Gasteiger partial charge in [0, 0.05) is 18.3 Å². The van der Waals surface area contributed by atoms with E-state index in [-0.39, 0.29) is 11.3 Å². The van der Waals surface area contributed by atoms with E-state index in [1.165, 1.54) is 6.42 Å². The molecule has 1 fully saturated rings. The van der Waals surface area contributed by atoms with Crippen molar-refractivity contribution in [3.8, 4) is 11.3 Å². The lowest BCUT2D eigenvalue weighted by Gasteiger charge is -2.40. The van der Waals surface area contributed by atoms with Gasteiger partial charge in [-0.2, -0.15) is 5.10 Å². The van der Waals surface area contributed by atoms with Gasteiger partial charge in [0.05, 0.1) is 5.69 Å². The summed E-state index contributed by atoms with van der Waals surface area (Å²) in [5.41, 5.74) is 8.66. The van der Waals surface area contributed by atoms with Crippen molar-refractivity contribution in [2.45, 2.75) is 25.7 Å². The fourth-order valence-corrected chi connectivity index (χ4v) is 2.83. The van der Waals surface area contributed by atoms with Crippen LogP contribution in [0, 0.1) is 5.41 Å². The third-order valence-electron chi connectivity index (χ3n) is 4.36. The minimum Gasteiger partial charge on any atom is -0.330 e. The highest BCUT2D eigenvalue weighted by molar-refractivity contribution is 5.91. The maximum absolute atomic E-state index is 12.1. The average Bonchev–Trinajstić information content (AvgIpc) is 2.98. The SMILES string of the molecule is NCC1(CC(=O)Nc2ccc(-c3ccn[nH]3)cc2)CCC1. The van der Waals surface area contributed by atoms with Gasteiger partial charge in [-0.05, 0) is 48.6 Å². The first kappa shape index (κ1) is 13.8. The van der Waals surface area contributed by atoms with E-state index < -0.39 is 0 Å². The first-order chi connectivity index (χ1) is 10.2. The summed E-state index contributed by atoms with van der Waals surface area (Å²) in [6.45, 7) is 0.596. The van der Waals surface area contributed by atoms with Crippen LogP contribution in [0.4, 0.5) is 5.69 Å². The average molecular weight is 284 g/mol. The summed E-state index contributed by atoms with van der Waals surface area (Å²) in [7, 11) is 0. The molecule has 1 aliphatic carbocycles. The second-order valence-electron chi connectivity index (χ2n) is 5.83. The number of carbonyl (C=O) groups is 1. The van der Waals surface area contributed by atoms with E-state index in [0.29, 0.717) is 13.0 Å². The van der Waals surface area contributed by atoms with Gasteiger partial charge in [0.2, 0.25) is 5.91 Å². The van der Waals surface area contributed by atoms with Gasteiger partial charge < -0.3 is 11.1 Å². The molecule has 0 atom stereocenters. The molecule has 1 aromatic carbocycles. The summed E-state index contributed by atoms with van der Waals surface area (Å²) in [5.74, 6) is 0.0504. The lowest BCUT2D eigenvalue weighted by atomic mass is 9.66. The minimum absolute atomic E-state index is 0.0416. The van der Waals surface area contributed by atoms with Crippen LogP contribution in [0.3, 0.4) is 0 Å². The van der Waals surface area contributed by atoms with E-state index in [4.69, 9.17) is 5.73 Å². The first-order valence-corrected chi connectivity index (χ1v) is 7.31. The zero-order chi connectivity index (χ0) is 14.7. The number of carbonyl (C=O) groups excluding carboxylic acids is 1. The van der Waals surface area contributed by atoms with Crippen molar-refractivity contribution in [3.05, 3.63) is 36.5 Å². The Labute approximate surface area is 123 Å². The van der Waals surface area contributed by atoms with Crippen LogP contribution in [-0.2, 0) is 4.79 Å². The third-order valence-corrected chi connectivity index (χ3v) is 4.36. The lowest BCUT2D eigenvalue weighted by molar-refractivity contribution is -0.119. The zero-order valence-corrected chi connectivity index (χ0v) is 11.9. The number of nitrogens with one attached hydrogen (secondary N) is 2. The molecule has 110 valence electrons. The van der Waals surface area contributed by atoms with Gasteiger partial charge in [-0.15, -0.1) is 0 Å². The van der Waals surface area contributed by atoms with Gasteiger partial charge in [0.25, 0.3) is 0 Å². The Hall–Kier alpha value is -2.14. The summed E-state index contributed by atoms with van der Waals surface area (Å²) >= 11 is 0. The Balaban J connectivity index is 1.61. The van der Waals surface area contributed by atoms with Gasteiger partial charge in [-0.1, -0.05) is 18.6 Å². The normalized spacial score (nSPS) is 16.2. The Morgan fingerprint density at radius 2 is 2.05 bits per heavy atom. The van der Waals surface area contributed by atoms with Gasteiger partial charge in [0.1, 0.15) is 0 Å². The molecule has 5 heteroatoms. The quantitative estimate of drug-likeness (QED) is 0.789. The maximum Gasteiger partial charge on any atom is 0.224 e. The van der Waals surface area contributed by atoms with Crippen LogP contribution in [0.2, 0.25) is 0 Å². The number of H-pyrrole nitrogens is 1. The molecular formula is C16H20N4O. The van der Waals surface area contributed by atoms with E-state index in [1.807, 2.05) is 30.3 Å². The summed E-state index contributed by atoms with van der Waals surface area (Å²) in [5, 5.41) is 9.80. The second kappa shape index (κ2) is 5.69.